The lowest BCUT2D eigenvalue weighted by Crippen LogP contribution is -2.38. The highest BCUT2D eigenvalue weighted by atomic mass is 16.5. The molecule has 0 saturated heterocycles. The predicted molar refractivity (Wildman–Crippen MR) is 113 cm³/mol. The van der Waals surface area contributed by atoms with Gasteiger partial charge < -0.3 is 25.4 Å². The summed E-state index contributed by atoms with van der Waals surface area (Å²) in [4.78, 5) is 16.7. The number of hydrogen-bond acceptors (Lipinski definition) is 4. The Morgan fingerprint density at radius 3 is 2.79 bits per heavy atom. The van der Waals surface area contributed by atoms with Gasteiger partial charge in [-0.25, -0.2) is 4.99 Å². The van der Waals surface area contributed by atoms with Gasteiger partial charge in [-0.2, -0.15) is 0 Å². The van der Waals surface area contributed by atoms with Crippen LogP contribution in [0.4, 0.5) is 5.69 Å². The summed E-state index contributed by atoms with van der Waals surface area (Å²) in [6.45, 7) is 6.12. The molecule has 1 aromatic carbocycles. The lowest BCUT2D eigenvalue weighted by atomic mass is 9.85. The monoisotopic (exact) mass is 390 g/mol. The van der Waals surface area contributed by atoms with Crippen molar-refractivity contribution in [3.8, 4) is 0 Å². The van der Waals surface area contributed by atoms with Gasteiger partial charge in [-0.1, -0.05) is 18.6 Å². The quantitative estimate of drug-likeness (QED) is 0.290. The zero-order valence-electron chi connectivity index (χ0n) is 17.1. The number of carbonyl (C=O) groups excluding carboxylic acids is 1. The third kappa shape index (κ3) is 8.27. The van der Waals surface area contributed by atoms with Crippen molar-refractivity contribution in [2.75, 3.05) is 45.3 Å². The average molecular weight is 391 g/mol. The zero-order chi connectivity index (χ0) is 20.0. The molecule has 0 radical (unpaired) electrons. The van der Waals surface area contributed by atoms with Crippen molar-refractivity contribution in [1.29, 1.82) is 0 Å². The van der Waals surface area contributed by atoms with E-state index in [1.807, 2.05) is 31.2 Å². The van der Waals surface area contributed by atoms with Crippen molar-refractivity contribution in [2.45, 2.75) is 39.2 Å². The normalized spacial score (nSPS) is 14.4. The summed E-state index contributed by atoms with van der Waals surface area (Å²) in [5.41, 5.74) is 1.90. The number of guanidine groups is 1. The molecular weight excluding hydrogens is 356 g/mol. The van der Waals surface area contributed by atoms with Crippen LogP contribution in [0.1, 0.15) is 38.2 Å². The van der Waals surface area contributed by atoms with Crippen LogP contribution >= 0.6 is 0 Å². The van der Waals surface area contributed by atoms with Crippen molar-refractivity contribution < 1.29 is 14.3 Å². The summed E-state index contributed by atoms with van der Waals surface area (Å²) in [7, 11) is 1.67. The number of nitrogens with zero attached hydrogens (tertiary/aromatic N) is 1. The van der Waals surface area contributed by atoms with Crippen molar-refractivity contribution in [2.24, 2.45) is 10.9 Å². The van der Waals surface area contributed by atoms with Crippen LogP contribution in [0.2, 0.25) is 0 Å². The molecule has 156 valence electrons. The maximum atomic E-state index is 12.1. The van der Waals surface area contributed by atoms with Crippen LogP contribution in [0.15, 0.2) is 29.3 Å². The van der Waals surface area contributed by atoms with Gasteiger partial charge >= 0.3 is 0 Å². The molecule has 0 aromatic heterocycles. The van der Waals surface area contributed by atoms with E-state index in [-0.39, 0.29) is 11.8 Å². The third-order valence-corrected chi connectivity index (χ3v) is 4.62. The highest BCUT2D eigenvalue weighted by Gasteiger charge is 2.25. The zero-order valence-corrected chi connectivity index (χ0v) is 17.1. The largest absolute Gasteiger partial charge is 0.382 e. The van der Waals surface area contributed by atoms with Crippen molar-refractivity contribution in [3.05, 3.63) is 29.8 Å². The first-order valence-electron chi connectivity index (χ1n) is 10.2. The first-order valence-corrected chi connectivity index (χ1v) is 10.2. The van der Waals surface area contributed by atoms with Crippen LogP contribution in [-0.2, 0) is 20.8 Å². The number of methoxy groups -OCH3 is 1. The molecular formula is C21H34N4O3. The molecule has 7 heteroatoms. The maximum absolute atomic E-state index is 12.1. The lowest BCUT2D eigenvalue weighted by Gasteiger charge is -2.24. The highest BCUT2D eigenvalue weighted by Crippen LogP contribution is 2.27. The molecule has 0 unspecified atom stereocenters. The topological polar surface area (TPSA) is 84.0 Å². The Balaban J connectivity index is 1.77. The summed E-state index contributed by atoms with van der Waals surface area (Å²) >= 11 is 0. The van der Waals surface area contributed by atoms with Gasteiger partial charge in [0.25, 0.3) is 0 Å². The van der Waals surface area contributed by atoms with Gasteiger partial charge in [0.15, 0.2) is 5.96 Å². The minimum Gasteiger partial charge on any atom is -0.382 e. The minimum absolute atomic E-state index is 0.134. The molecule has 1 fully saturated rings. The number of amides is 1. The van der Waals surface area contributed by atoms with Gasteiger partial charge in [0.1, 0.15) is 0 Å². The Bertz CT molecular complexity index is 617. The van der Waals surface area contributed by atoms with E-state index >= 15 is 0 Å². The lowest BCUT2D eigenvalue weighted by molar-refractivity contribution is -0.122. The van der Waals surface area contributed by atoms with Gasteiger partial charge in [-0.15, -0.1) is 0 Å². The minimum atomic E-state index is 0.134. The Labute approximate surface area is 168 Å². The Hall–Kier alpha value is -2.12. The molecule has 0 spiro atoms. The molecule has 28 heavy (non-hydrogen) atoms. The van der Waals surface area contributed by atoms with Crippen molar-refractivity contribution in [3.63, 3.8) is 0 Å². The van der Waals surface area contributed by atoms with Gasteiger partial charge in [0.2, 0.25) is 5.91 Å². The summed E-state index contributed by atoms with van der Waals surface area (Å²) in [6, 6.07) is 7.90. The molecule has 1 aliphatic carbocycles. The molecule has 0 heterocycles. The van der Waals surface area contributed by atoms with E-state index in [4.69, 9.17) is 9.47 Å². The van der Waals surface area contributed by atoms with Gasteiger partial charge in [0, 0.05) is 38.4 Å². The van der Waals surface area contributed by atoms with Crippen LogP contribution < -0.4 is 16.0 Å². The molecule has 2 rings (SSSR count). The molecule has 1 aromatic rings. The summed E-state index contributed by atoms with van der Waals surface area (Å²) < 4.78 is 10.4. The number of ether oxygens (including phenoxy) is 2. The van der Waals surface area contributed by atoms with E-state index in [1.165, 1.54) is 0 Å². The SMILES string of the molecule is CCNC(=NCc1cccc(NC(=O)C2CCC2)c1)NCCCOCCOC. The molecule has 7 nitrogen and oxygen atoms in total. The van der Waals surface area contributed by atoms with Crippen LogP contribution in [0.5, 0.6) is 0 Å². The molecule has 0 atom stereocenters. The maximum Gasteiger partial charge on any atom is 0.227 e. The number of hydrogen-bond donors (Lipinski definition) is 3. The van der Waals surface area contributed by atoms with E-state index in [2.05, 4.69) is 20.9 Å². The van der Waals surface area contributed by atoms with E-state index < -0.39 is 0 Å². The first kappa shape index (κ1) is 22.2. The van der Waals surface area contributed by atoms with Crippen molar-refractivity contribution >= 4 is 17.6 Å². The summed E-state index contributed by atoms with van der Waals surface area (Å²) in [6.07, 6.45) is 4.07. The van der Waals surface area contributed by atoms with E-state index in [1.54, 1.807) is 7.11 Å². The fourth-order valence-corrected chi connectivity index (χ4v) is 2.80. The standard InChI is InChI=1S/C21H34N4O3/c1-3-22-21(23-11-6-12-28-14-13-27-2)24-16-17-7-4-10-19(15-17)25-20(26)18-8-5-9-18/h4,7,10,15,18H,3,5-6,8-9,11-14,16H2,1-2H3,(H,25,26)(H2,22,23,24). The Morgan fingerprint density at radius 1 is 1.21 bits per heavy atom. The molecule has 1 amide bonds. The average Bonchev–Trinajstić information content (AvgIpc) is 2.64. The van der Waals surface area contributed by atoms with E-state index in [0.717, 1.165) is 56.0 Å². The van der Waals surface area contributed by atoms with Crippen LogP contribution in [-0.4, -0.2) is 51.9 Å². The second-order valence-electron chi connectivity index (χ2n) is 6.90. The molecule has 3 N–H and O–H groups in total. The number of carbonyl (C=O) groups is 1. The first-order chi connectivity index (χ1) is 13.7. The van der Waals surface area contributed by atoms with Crippen molar-refractivity contribution in [1.82, 2.24) is 10.6 Å². The molecule has 0 bridgehead atoms. The number of aliphatic imine (C=N–C) groups is 1. The second-order valence-corrected chi connectivity index (χ2v) is 6.90. The third-order valence-electron chi connectivity index (χ3n) is 4.62. The fraction of sp³-hybridized carbons (Fsp3) is 0.619. The van der Waals surface area contributed by atoms with Gasteiger partial charge in [-0.3, -0.25) is 4.79 Å². The van der Waals surface area contributed by atoms with E-state index in [9.17, 15) is 4.79 Å². The van der Waals surface area contributed by atoms with Gasteiger partial charge in [-0.05, 0) is 43.9 Å². The number of anilines is 1. The number of nitrogens with one attached hydrogen (secondary N) is 3. The highest BCUT2D eigenvalue weighted by molar-refractivity contribution is 5.93. The Kier molecular flexibility index (Phi) is 10.4. The van der Waals surface area contributed by atoms with E-state index in [0.29, 0.717) is 26.4 Å². The number of benzene rings is 1. The molecule has 0 aliphatic heterocycles. The van der Waals surface area contributed by atoms with Crippen LogP contribution in [0, 0.1) is 5.92 Å². The smallest absolute Gasteiger partial charge is 0.227 e. The summed E-state index contributed by atoms with van der Waals surface area (Å²) in [5, 5.41) is 9.58. The second kappa shape index (κ2) is 13.1. The van der Waals surface area contributed by atoms with Gasteiger partial charge in [0.05, 0.1) is 19.8 Å². The molecule has 1 saturated carbocycles. The van der Waals surface area contributed by atoms with Crippen LogP contribution in [0.25, 0.3) is 0 Å². The fourth-order valence-electron chi connectivity index (χ4n) is 2.80. The number of rotatable bonds is 12. The Morgan fingerprint density at radius 2 is 2.07 bits per heavy atom. The molecule has 1 aliphatic rings. The predicted octanol–water partition coefficient (Wildman–Crippen LogP) is 2.53. The van der Waals surface area contributed by atoms with Crippen LogP contribution in [0.3, 0.4) is 0 Å². The summed E-state index contributed by atoms with van der Waals surface area (Å²) in [5.74, 6) is 1.10.